The molecule has 0 saturated heterocycles. The van der Waals surface area contributed by atoms with Crippen LogP contribution in [0.25, 0.3) is 11.3 Å². The minimum Gasteiger partial charge on any atom is -0.443 e. The number of rotatable bonds is 5. The van der Waals surface area contributed by atoms with E-state index in [4.69, 9.17) is 19.6 Å². The van der Waals surface area contributed by atoms with Crippen LogP contribution in [0.5, 0.6) is 0 Å². The first-order valence-electron chi connectivity index (χ1n) is 13.8. The molecule has 3 aliphatic rings. The average molecular weight is 525 g/mol. The van der Waals surface area contributed by atoms with Crippen molar-refractivity contribution >= 4 is 12.2 Å². The highest BCUT2D eigenvalue weighted by atomic mass is 16.6. The molecule has 0 aromatic carbocycles. The summed E-state index contributed by atoms with van der Waals surface area (Å²) < 4.78 is 13.0. The van der Waals surface area contributed by atoms with Gasteiger partial charge in [-0.1, -0.05) is 6.07 Å². The summed E-state index contributed by atoms with van der Waals surface area (Å²) in [7, 11) is 0. The molecule has 206 valence electrons. The fourth-order valence-corrected chi connectivity index (χ4v) is 5.21. The summed E-state index contributed by atoms with van der Waals surface area (Å²) in [6.07, 6.45) is 5.68. The van der Waals surface area contributed by atoms with E-state index in [1.807, 2.05) is 10.7 Å². The number of aromatic nitrogens is 3. The highest BCUT2D eigenvalue weighted by molar-refractivity contribution is 5.88. The molecule has 1 unspecified atom stereocenters. The summed E-state index contributed by atoms with van der Waals surface area (Å²) >= 11 is 0. The molecular weight excluding hydrogens is 484 g/mol. The van der Waals surface area contributed by atoms with Gasteiger partial charge in [0.15, 0.2) is 0 Å². The Hall–Kier alpha value is -2.94. The first-order valence-corrected chi connectivity index (χ1v) is 13.8. The molecule has 9 heteroatoms. The number of pyridine rings is 1. The molecule has 9 nitrogen and oxygen atoms in total. The number of aryl methyl sites for hydroxylation is 1. The van der Waals surface area contributed by atoms with Crippen LogP contribution in [0.2, 0.25) is 0 Å². The van der Waals surface area contributed by atoms with Crippen molar-refractivity contribution in [2.75, 3.05) is 6.54 Å². The van der Waals surface area contributed by atoms with Crippen LogP contribution in [0.15, 0.2) is 18.3 Å². The Morgan fingerprint density at radius 2 is 1.63 bits per heavy atom. The number of ether oxygens (including phenoxy) is 2. The Bertz CT molecular complexity index is 1190. The van der Waals surface area contributed by atoms with E-state index in [1.165, 1.54) is 0 Å². The number of carbonyl (C=O) groups excluding carboxylic acids is 2. The average Bonchev–Trinajstić information content (AvgIpc) is 3.42. The van der Waals surface area contributed by atoms with Crippen LogP contribution in [0, 0.1) is 5.92 Å². The second-order valence-electron chi connectivity index (χ2n) is 13.0. The molecule has 0 bridgehead atoms. The van der Waals surface area contributed by atoms with Crippen LogP contribution in [0.1, 0.15) is 109 Å². The number of aliphatic hydroxyl groups is 1. The van der Waals surface area contributed by atoms with E-state index in [1.54, 1.807) is 41.5 Å². The van der Waals surface area contributed by atoms with Crippen LogP contribution < -0.4 is 0 Å². The Morgan fingerprint density at radius 1 is 1.00 bits per heavy atom. The monoisotopic (exact) mass is 524 g/mol. The number of hydrogen-bond acceptors (Lipinski definition) is 7. The van der Waals surface area contributed by atoms with E-state index in [9.17, 15) is 14.7 Å². The van der Waals surface area contributed by atoms with Gasteiger partial charge in [-0.25, -0.2) is 19.5 Å². The van der Waals surface area contributed by atoms with Gasteiger partial charge < -0.3 is 14.6 Å². The number of fused-ring (bicyclic) bond motifs is 1. The minimum atomic E-state index is -0.716. The highest BCUT2D eigenvalue weighted by Gasteiger charge is 2.40. The third kappa shape index (κ3) is 5.87. The lowest BCUT2D eigenvalue weighted by molar-refractivity contribution is -0.00642. The van der Waals surface area contributed by atoms with E-state index >= 15 is 0 Å². The second-order valence-corrected chi connectivity index (χ2v) is 13.0. The molecule has 2 aromatic heterocycles. The fourth-order valence-electron chi connectivity index (χ4n) is 5.21. The maximum Gasteiger partial charge on any atom is 0.419 e. The summed E-state index contributed by atoms with van der Waals surface area (Å²) in [5.74, 6) is 0.585. The van der Waals surface area contributed by atoms with Crippen molar-refractivity contribution in [3.63, 3.8) is 0 Å². The molecule has 2 amide bonds. The normalized spacial score (nSPS) is 23.0. The molecule has 2 heterocycles. The van der Waals surface area contributed by atoms with Crippen LogP contribution in [-0.2, 0) is 15.9 Å². The zero-order valence-electron chi connectivity index (χ0n) is 23.4. The number of hydrogen-bond donors (Lipinski definition) is 1. The third-order valence-corrected chi connectivity index (χ3v) is 7.27. The van der Waals surface area contributed by atoms with Crippen molar-refractivity contribution in [1.82, 2.24) is 19.7 Å². The molecule has 0 aliphatic heterocycles. The van der Waals surface area contributed by atoms with Crippen molar-refractivity contribution < 1.29 is 24.2 Å². The van der Waals surface area contributed by atoms with Gasteiger partial charge in [-0.2, -0.15) is 5.10 Å². The molecule has 0 spiro atoms. The second kappa shape index (κ2) is 9.67. The van der Waals surface area contributed by atoms with E-state index < -0.39 is 29.5 Å². The maximum absolute atomic E-state index is 12.9. The Morgan fingerprint density at radius 3 is 2.21 bits per heavy atom. The van der Waals surface area contributed by atoms with E-state index in [0.717, 1.165) is 71.6 Å². The van der Waals surface area contributed by atoms with Gasteiger partial charge in [0.2, 0.25) is 0 Å². The number of imide groups is 1. The number of nitrogens with zero attached hydrogens (tertiary/aromatic N) is 4. The van der Waals surface area contributed by atoms with Crippen LogP contribution in [-0.4, -0.2) is 54.7 Å². The zero-order chi connectivity index (χ0) is 27.4. The Kier molecular flexibility index (Phi) is 6.78. The topological polar surface area (TPSA) is 107 Å². The van der Waals surface area contributed by atoms with E-state index in [2.05, 4.69) is 12.3 Å². The molecule has 2 aromatic rings. The molecule has 2 saturated carbocycles. The molecule has 0 radical (unpaired) electrons. The van der Waals surface area contributed by atoms with Crippen molar-refractivity contribution in [2.45, 2.75) is 109 Å². The lowest BCUT2D eigenvalue weighted by Gasteiger charge is -2.38. The summed E-state index contributed by atoms with van der Waals surface area (Å²) in [6.45, 7) is 10.9. The SMILES string of the molecule is CC(C)(C)OC(=O)N(C[C@H]1C[C@H](n2cc(-c3ccc4c(n3)C(O)CC4)c(C3CC3)n2)C1)C(=O)OC(C)(C)C. The van der Waals surface area contributed by atoms with Crippen molar-refractivity contribution in [1.29, 1.82) is 0 Å². The Labute approximate surface area is 224 Å². The lowest BCUT2D eigenvalue weighted by atomic mass is 9.80. The number of carbonyl (C=O) groups is 2. The quantitative estimate of drug-likeness (QED) is 0.517. The smallest absolute Gasteiger partial charge is 0.419 e. The molecular formula is C29H40N4O5. The fraction of sp³-hybridized carbons (Fsp3) is 0.655. The standard InChI is InChI=1S/C29H40N4O5/c1-28(2,3)37-26(35)32(27(36)38-29(4,5)6)15-17-13-20(14-17)33-16-21(24(31-33)18-7-8-18)22-11-9-19-10-12-23(34)25(19)30-22/h9,11,16-18,20,23,34H,7-8,10,12-15H2,1-6H3/t17-,20-,23?. The molecule has 3 aliphatic carbocycles. The van der Waals surface area contributed by atoms with Crippen LogP contribution >= 0.6 is 0 Å². The van der Waals surface area contributed by atoms with Gasteiger partial charge in [0, 0.05) is 24.2 Å². The van der Waals surface area contributed by atoms with Gasteiger partial charge in [0.1, 0.15) is 11.2 Å². The lowest BCUT2D eigenvalue weighted by Crippen LogP contribution is -2.47. The predicted octanol–water partition coefficient (Wildman–Crippen LogP) is 5.93. The molecule has 1 atom stereocenters. The highest BCUT2D eigenvalue weighted by Crippen LogP contribution is 2.46. The predicted molar refractivity (Wildman–Crippen MR) is 142 cm³/mol. The summed E-state index contributed by atoms with van der Waals surface area (Å²) in [5, 5.41) is 15.3. The molecule has 1 N–H and O–H groups in total. The Balaban J connectivity index is 1.29. The van der Waals surface area contributed by atoms with Gasteiger partial charge in [-0.05, 0) is 97.6 Å². The van der Waals surface area contributed by atoms with Gasteiger partial charge >= 0.3 is 12.2 Å². The molecule has 5 rings (SSSR count). The number of aliphatic hydroxyl groups excluding tert-OH is 1. The van der Waals surface area contributed by atoms with Gasteiger partial charge in [0.05, 0.1) is 29.2 Å². The number of amides is 2. The molecule has 2 fully saturated rings. The third-order valence-electron chi connectivity index (χ3n) is 7.27. The van der Waals surface area contributed by atoms with Gasteiger partial charge in [-0.15, -0.1) is 0 Å². The van der Waals surface area contributed by atoms with Crippen molar-refractivity contribution in [3.05, 3.63) is 35.3 Å². The van der Waals surface area contributed by atoms with Gasteiger partial charge in [-0.3, -0.25) is 4.68 Å². The summed E-state index contributed by atoms with van der Waals surface area (Å²) in [5.41, 5.74) is 3.49. The maximum atomic E-state index is 12.9. The first-order chi connectivity index (χ1) is 17.8. The van der Waals surface area contributed by atoms with E-state index in [-0.39, 0.29) is 18.5 Å². The first kappa shape index (κ1) is 26.7. The van der Waals surface area contributed by atoms with Gasteiger partial charge in [0.25, 0.3) is 0 Å². The van der Waals surface area contributed by atoms with Crippen molar-refractivity contribution in [3.8, 4) is 11.3 Å². The summed E-state index contributed by atoms with van der Waals surface area (Å²) in [6, 6.07) is 4.32. The molecule has 38 heavy (non-hydrogen) atoms. The van der Waals surface area contributed by atoms with Crippen LogP contribution in [0.4, 0.5) is 9.59 Å². The van der Waals surface area contributed by atoms with E-state index in [0.29, 0.717) is 5.92 Å². The minimum absolute atomic E-state index is 0.130. The van der Waals surface area contributed by atoms with Crippen molar-refractivity contribution in [2.24, 2.45) is 5.92 Å². The summed E-state index contributed by atoms with van der Waals surface area (Å²) in [4.78, 5) is 31.7. The largest absolute Gasteiger partial charge is 0.443 e. The van der Waals surface area contributed by atoms with Crippen LogP contribution in [0.3, 0.4) is 0 Å². The zero-order valence-corrected chi connectivity index (χ0v) is 23.4.